The number of primary amides is 1. The summed E-state index contributed by atoms with van der Waals surface area (Å²) in [6.45, 7) is 0. The molecule has 1 heterocycles. The summed E-state index contributed by atoms with van der Waals surface area (Å²) in [6.07, 6.45) is 4.67. The lowest BCUT2D eigenvalue weighted by Gasteiger charge is -2.23. The van der Waals surface area contributed by atoms with Gasteiger partial charge >= 0.3 is 0 Å². The number of carbonyl (C=O) groups excluding carboxylic acids is 4. The van der Waals surface area contributed by atoms with Crippen LogP contribution in [0, 0.1) is 11.8 Å². The Bertz CT molecular complexity index is 1070. The molecule has 0 bridgehead atoms. The lowest BCUT2D eigenvalue weighted by atomic mass is 9.96. The van der Waals surface area contributed by atoms with Crippen LogP contribution in [-0.2, 0) is 14.4 Å². The van der Waals surface area contributed by atoms with Crippen molar-refractivity contribution in [1.82, 2.24) is 15.6 Å². The average Bonchev–Trinajstić information content (AvgIpc) is 3.34. The summed E-state index contributed by atoms with van der Waals surface area (Å²) in [5.74, 6) is -0.725. The second kappa shape index (κ2) is 9.64. The number of carbonyl (C=O) groups is 4. The van der Waals surface area contributed by atoms with Gasteiger partial charge in [0.05, 0.1) is 7.11 Å². The quantitative estimate of drug-likeness (QED) is 0.433. The number of methoxy groups -OCH3 is 1. The number of Topliss-reactive ketones (excluding diaryl/α,β-unsaturated/α-hetero) is 1. The molecular weight excluding hydrogens is 424 g/mol. The van der Waals surface area contributed by atoms with E-state index in [4.69, 9.17) is 10.5 Å². The molecule has 0 saturated heterocycles. The number of benzene rings is 1. The van der Waals surface area contributed by atoms with Crippen LogP contribution in [0.1, 0.15) is 55.4 Å². The van der Waals surface area contributed by atoms with Crippen LogP contribution in [0.15, 0.2) is 24.3 Å². The molecule has 0 radical (unpaired) electrons. The van der Waals surface area contributed by atoms with Gasteiger partial charge in [0.25, 0.3) is 5.91 Å². The highest BCUT2D eigenvalue weighted by Gasteiger charge is 2.34. The maximum Gasteiger partial charge on any atom is 0.268 e. The van der Waals surface area contributed by atoms with Crippen LogP contribution in [0.3, 0.4) is 0 Å². The zero-order valence-corrected chi connectivity index (χ0v) is 18.7. The summed E-state index contributed by atoms with van der Waals surface area (Å²) in [4.78, 5) is 53.1. The molecule has 2 aromatic rings. The molecule has 9 nitrogen and oxygen atoms in total. The second-order valence-corrected chi connectivity index (χ2v) is 9.06. The number of H-pyrrole nitrogens is 1. The molecule has 0 unspecified atom stereocenters. The number of rotatable bonds is 10. The van der Waals surface area contributed by atoms with E-state index >= 15 is 0 Å². The molecule has 2 saturated carbocycles. The molecule has 3 amide bonds. The zero-order valence-electron chi connectivity index (χ0n) is 18.7. The van der Waals surface area contributed by atoms with Gasteiger partial charge in [-0.25, -0.2) is 0 Å². The fourth-order valence-corrected chi connectivity index (χ4v) is 4.52. The normalized spacial score (nSPS) is 19.8. The number of aromatic amines is 1. The van der Waals surface area contributed by atoms with Crippen molar-refractivity contribution in [3.63, 3.8) is 0 Å². The Morgan fingerprint density at radius 2 is 1.94 bits per heavy atom. The van der Waals surface area contributed by atoms with Crippen LogP contribution < -0.4 is 21.1 Å². The van der Waals surface area contributed by atoms with Crippen molar-refractivity contribution in [2.75, 3.05) is 7.11 Å². The van der Waals surface area contributed by atoms with Crippen molar-refractivity contribution >= 4 is 34.4 Å². The molecule has 33 heavy (non-hydrogen) atoms. The lowest BCUT2D eigenvalue weighted by Crippen LogP contribution is -2.53. The molecule has 4 rings (SSSR count). The van der Waals surface area contributed by atoms with Crippen LogP contribution in [0.4, 0.5) is 0 Å². The van der Waals surface area contributed by atoms with Gasteiger partial charge in [0.15, 0.2) is 0 Å². The third-order valence-corrected chi connectivity index (χ3v) is 6.59. The van der Waals surface area contributed by atoms with E-state index in [0.29, 0.717) is 36.6 Å². The highest BCUT2D eigenvalue weighted by atomic mass is 16.5. The fourth-order valence-electron chi connectivity index (χ4n) is 4.52. The van der Waals surface area contributed by atoms with E-state index in [0.717, 1.165) is 30.2 Å². The van der Waals surface area contributed by atoms with E-state index in [1.165, 1.54) is 0 Å². The first-order valence-corrected chi connectivity index (χ1v) is 11.4. The number of nitrogens with two attached hydrogens (primary N) is 1. The third kappa shape index (κ3) is 5.35. The van der Waals surface area contributed by atoms with Crippen molar-refractivity contribution in [2.24, 2.45) is 17.6 Å². The summed E-state index contributed by atoms with van der Waals surface area (Å²) in [5.41, 5.74) is 6.57. The van der Waals surface area contributed by atoms with E-state index in [9.17, 15) is 19.2 Å². The van der Waals surface area contributed by atoms with E-state index in [-0.39, 0.29) is 18.1 Å². The minimum Gasteiger partial charge on any atom is -0.496 e. The number of ether oxygens (including phenoxy) is 1. The number of fused-ring (bicyclic) bond motifs is 1. The molecule has 2 aliphatic carbocycles. The van der Waals surface area contributed by atoms with Crippen LogP contribution in [0.5, 0.6) is 5.75 Å². The Morgan fingerprint density at radius 3 is 2.58 bits per heavy atom. The first-order chi connectivity index (χ1) is 15.9. The van der Waals surface area contributed by atoms with Gasteiger partial charge in [0.2, 0.25) is 11.8 Å². The van der Waals surface area contributed by atoms with Crippen LogP contribution >= 0.6 is 0 Å². The summed E-state index contributed by atoms with van der Waals surface area (Å²) in [5, 5.41) is 6.26. The molecule has 3 atom stereocenters. The smallest absolute Gasteiger partial charge is 0.268 e. The Kier molecular flexibility index (Phi) is 6.67. The summed E-state index contributed by atoms with van der Waals surface area (Å²) >= 11 is 0. The van der Waals surface area contributed by atoms with Gasteiger partial charge < -0.3 is 26.1 Å². The standard InChI is InChI=1S/C24H30N4O5/c1-33-21-7-3-5-16-15(21)12-19(26-16)24(32)28-18(10-13-8-9-13)23(31)27-17(22(25)30)11-14-4-2-6-20(14)29/h3,5,7,12-14,17-18,26H,2,4,6,8-11H2,1H3,(H2,25,30)(H,27,31)(H,28,32)/t14-,17-,18-/m0/s1. The van der Waals surface area contributed by atoms with Crippen molar-refractivity contribution in [3.8, 4) is 5.75 Å². The molecule has 0 aliphatic heterocycles. The minimum atomic E-state index is -0.944. The van der Waals surface area contributed by atoms with Gasteiger partial charge in [-0.15, -0.1) is 0 Å². The highest BCUT2D eigenvalue weighted by molar-refractivity contribution is 6.01. The van der Waals surface area contributed by atoms with Gasteiger partial charge in [-0.1, -0.05) is 18.9 Å². The SMILES string of the molecule is COc1cccc2[nH]c(C(=O)N[C@@H](CC3CC3)C(=O)N[C@@H](C[C@@H]3CCCC3=O)C(N)=O)cc12. The molecular formula is C24H30N4O5. The van der Waals surface area contributed by atoms with Crippen molar-refractivity contribution in [3.05, 3.63) is 30.0 Å². The number of aromatic nitrogens is 1. The minimum absolute atomic E-state index is 0.104. The molecule has 1 aromatic heterocycles. The van der Waals surface area contributed by atoms with Crippen LogP contribution in [0.25, 0.3) is 10.9 Å². The molecule has 176 valence electrons. The summed E-state index contributed by atoms with van der Waals surface area (Å²) in [6, 6.07) is 5.40. The number of hydrogen-bond acceptors (Lipinski definition) is 5. The predicted molar refractivity (Wildman–Crippen MR) is 122 cm³/mol. The van der Waals surface area contributed by atoms with Gasteiger partial charge in [-0.05, 0) is 49.8 Å². The van der Waals surface area contributed by atoms with E-state index < -0.39 is 29.8 Å². The van der Waals surface area contributed by atoms with Gasteiger partial charge in [0.1, 0.15) is 29.3 Å². The molecule has 9 heteroatoms. The van der Waals surface area contributed by atoms with E-state index in [2.05, 4.69) is 15.6 Å². The van der Waals surface area contributed by atoms with Gasteiger partial charge in [0, 0.05) is 23.2 Å². The van der Waals surface area contributed by atoms with Crippen LogP contribution in [0.2, 0.25) is 0 Å². The zero-order chi connectivity index (χ0) is 23.5. The maximum atomic E-state index is 13.1. The van der Waals surface area contributed by atoms with Crippen molar-refractivity contribution < 1.29 is 23.9 Å². The Morgan fingerprint density at radius 1 is 1.15 bits per heavy atom. The topological polar surface area (TPSA) is 143 Å². The second-order valence-electron chi connectivity index (χ2n) is 9.06. The van der Waals surface area contributed by atoms with Crippen LogP contribution in [-0.4, -0.2) is 47.7 Å². The molecule has 2 aliphatic rings. The first kappa shape index (κ1) is 22.8. The van der Waals surface area contributed by atoms with Gasteiger partial charge in [-0.3, -0.25) is 19.2 Å². The number of nitrogens with one attached hydrogen (secondary N) is 3. The average molecular weight is 455 g/mol. The van der Waals surface area contributed by atoms with Crippen molar-refractivity contribution in [2.45, 2.75) is 57.0 Å². The third-order valence-electron chi connectivity index (χ3n) is 6.59. The molecule has 2 fully saturated rings. The predicted octanol–water partition coefficient (Wildman–Crippen LogP) is 1.80. The monoisotopic (exact) mass is 454 g/mol. The molecule has 5 N–H and O–H groups in total. The number of hydrogen-bond donors (Lipinski definition) is 4. The Labute approximate surface area is 191 Å². The highest BCUT2D eigenvalue weighted by Crippen LogP contribution is 2.34. The Balaban J connectivity index is 1.46. The summed E-state index contributed by atoms with van der Waals surface area (Å²) < 4.78 is 5.35. The van der Waals surface area contributed by atoms with Gasteiger partial charge in [-0.2, -0.15) is 0 Å². The summed E-state index contributed by atoms with van der Waals surface area (Å²) in [7, 11) is 1.56. The fraction of sp³-hybridized carbons (Fsp3) is 0.500. The largest absolute Gasteiger partial charge is 0.496 e. The Hall–Kier alpha value is -3.36. The first-order valence-electron chi connectivity index (χ1n) is 11.4. The molecule has 1 aromatic carbocycles. The lowest BCUT2D eigenvalue weighted by molar-refractivity contribution is -0.129. The van der Waals surface area contributed by atoms with E-state index in [1.807, 2.05) is 12.1 Å². The van der Waals surface area contributed by atoms with E-state index in [1.54, 1.807) is 19.2 Å². The van der Waals surface area contributed by atoms with Crippen molar-refractivity contribution in [1.29, 1.82) is 0 Å². The number of amides is 3. The number of ketones is 1. The maximum absolute atomic E-state index is 13.1. The molecule has 0 spiro atoms.